The molecule has 2 rings (SSSR count). The first kappa shape index (κ1) is 13.7. The lowest BCUT2D eigenvalue weighted by Crippen LogP contribution is -2.21. The Balaban J connectivity index is 2.42. The molecule has 0 aliphatic heterocycles. The minimum absolute atomic E-state index is 0.289. The predicted octanol–water partition coefficient (Wildman–Crippen LogP) is 5.34. The molecular weight excluding hydrogens is 382 g/mol. The van der Waals surface area contributed by atoms with Gasteiger partial charge >= 0.3 is 0 Å². The van der Waals surface area contributed by atoms with Gasteiger partial charge in [-0.2, -0.15) is 0 Å². The highest BCUT2D eigenvalue weighted by Crippen LogP contribution is 2.39. The van der Waals surface area contributed by atoms with Crippen LogP contribution in [0.15, 0.2) is 25.1 Å². The summed E-state index contributed by atoms with van der Waals surface area (Å²) in [6.07, 6.45) is 0. The van der Waals surface area contributed by atoms with Gasteiger partial charge in [-0.25, -0.2) is 0 Å². The number of aryl methyl sites for hydroxylation is 1. The molecule has 2 aromatic rings. The van der Waals surface area contributed by atoms with E-state index in [2.05, 4.69) is 68.5 Å². The summed E-state index contributed by atoms with van der Waals surface area (Å²) in [5.74, 6) is 0. The van der Waals surface area contributed by atoms with Gasteiger partial charge in [0.25, 0.3) is 0 Å². The first-order valence-electron chi connectivity index (χ1n) is 5.35. The maximum absolute atomic E-state index is 3.65. The summed E-state index contributed by atoms with van der Waals surface area (Å²) >= 11 is 10.7. The molecule has 2 heterocycles. The molecule has 1 atom stereocenters. The van der Waals surface area contributed by atoms with Gasteiger partial charge in [0.1, 0.15) is 0 Å². The molecule has 1 unspecified atom stereocenters. The molecule has 0 amide bonds. The Hall–Kier alpha value is 0.320. The van der Waals surface area contributed by atoms with Crippen LogP contribution in [0.5, 0.6) is 0 Å². The average molecular weight is 395 g/mol. The number of thiophene rings is 2. The normalized spacial score (nSPS) is 12.9. The molecule has 0 saturated heterocycles. The number of hydrogen-bond acceptors (Lipinski definition) is 3. The van der Waals surface area contributed by atoms with Crippen molar-refractivity contribution in [1.82, 2.24) is 5.32 Å². The third-order valence-corrected chi connectivity index (χ3v) is 6.04. The Kier molecular flexibility index (Phi) is 4.83. The fourth-order valence-corrected chi connectivity index (χ4v) is 5.70. The molecule has 1 N–H and O–H groups in total. The fraction of sp³-hybridized carbons (Fsp3) is 0.333. The van der Waals surface area contributed by atoms with Crippen LogP contribution in [0.25, 0.3) is 0 Å². The van der Waals surface area contributed by atoms with Gasteiger partial charge in [0.2, 0.25) is 0 Å². The molecular formula is C12H13Br2NS2. The van der Waals surface area contributed by atoms with E-state index in [1.54, 1.807) is 11.3 Å². The summed E-state index contributed by atoms with van der Waals surface area (Å²) in [4.78, 5) is 1.40. The molecule has 0 bridgehead atoms. The van der Waals surface area contributed by atoms with Crippen molar-refractivity contribution in [3.05, 3.63) is 41.1 Å². The van der Waals surface area contributed by atoms with E-state index >= 15 is 0 Å². The number of hydrogen-bond donors (Lipinski definition) is 1. The summed E-state index contributed by atoms with van der Waals surface area (Å²) in [5.41, 5.74) is 2.67. The first-order valence-corrected chi connectivity index (χ1v) is 8.63. The van der Waals surface area contributed by atoms with Gasteiger partial charge < -0.3 is 5.32 Å². The van der Waals surface area contributed by atoms with Crippen LogP contribution in [0.4, 0.5) is 0 Å². The maximum Gasteiger partial charge on any atom is 0.0762 e. The molecule has 0 aliphatic rings. The summed E-state index contributed by atoms with van der Waals surface area (Å²) in [6.45, 7) is 5.28. The van der Waals surface area contributed by atoms with E-state index in [4.69, 9.17) is 0 Å². The standard InChI is InChI=1S/C12H13Br2NS2/c1-3-15-10(11-7(2)4-5-16-11)8-6-9(13)17-12(8)14/h4-6,10,15H,3H2,1-2H3. The van der Waals surface area contributed by atoms with E-state index in [-0.39, 0.29) is 6.04 Å². The third-order valence-electron chi connectivity index (χ3n) is 2.57. The smallest absolute Gasteiger partial charge is 0.0762 e. The maximum atomic E-state index is 3.65. The van der Waals surface area contributed by atoms with E-state index in [9.17, 15) is 0 Å². The second-order valence-corrected chi connectivity index (χ2v) is 8.44. The largest absolute Gasteiger partial charge is 0.306 e. The fourth-order valence-electron chi connectivity index (χ4n) is 1.78. The molecule has 0 spiro atoms. The zero-order valence-corrected chi connectivity index (χ0v) is 14.4. The first-order chi connectivity index (χ1) is 8.13. The molecule has 5 heteroatoms. The van der Waals surface area contributed by atoms with Crippen molar-refractivity contribution in [2.24, 2.45) is 0 Å². The average Bonchev–Trinajstić information content (AvgIpc) is 2.82. The van der Waals surface area contributed by atoms with Crippen LogP contribution < -0.4 is 5.32 Å². The summed E-state index contributed by atoms with van der Waals surface area (Å²) in [5, 5.41) is 5.72. The van der Waals surface area contributed by atoms with Gasteiger partial charge in [-0.15, -0.1) is 22.7 Å². The van der Waals surface area contributed by atoms with Crippen LogP contribution in [0.1, 0.15) is 29.0 Å². The second kappa shape index (κ2) is 5.97. The molecule has 92 valence electrons. The SMILES string of the molecule is CCNC(c1cc(Br)sc1Br)c1sccc1C. The molecule has 0 aliphatic carbocycles. The minimum Gasteiger partial charge on any atom is -0.306 e. The lowest BCUT2D eigenvalue weighted by atomic mass is 10.1. The highest BCUT2D eigenvalue weighted by Gasteiger charge is 2.20. The number of halogens is 2. The van der Waals surface area contributed by atoms with Crippen molar-refractivity contribution < 1.29 is 0 Å². The Morgan fingerprint density at radius 3 is 2.65 bits per heavy atom. The van der Waals surface area contributed by atoms with Crippen molar-refractivity contribution in [3.8, 4) is 0 Å². The highest BCUT2D eigenvalue weighted by molar-refractivity contribution is 9.12. The van der Waals surface area contributed by atoms with Gasteiger partial charge in [0.15, 0.2) is 0 Å². The van der Waals surface area contributed by atoms with Gasteiger partial charge in [-0.05, 0) is 68.4 Å². The van der Waals surface area contributed by atoms with Crippen molar-refractivity contribution in [2.75, 3.05) is 6.54 Å². The van der Waals surface area contributed by atoms with E-state index in [1.807, 2.05) is 11.3 Å². The zero-order chi connectivity index (χ0) is 12.4. The molecule has 0 aromatic carbocycles. The zero-order valence-electron chi connectivity index (χ0n) is 9.59. The number of rotatable bonds is 4. The van der Waals surface area contributed by atoms with Crippen LogP contribution in [0.3, 0.4) is 0 Å². The van der Waals surface area contributed by atoms with Crippen LogP contribution in [-0.4, -0.2) is 6.54 Å². The van der Waals surface area contributed by atoms with Crippen LogP contribution in [0.2, 0.25) is 0 Å². The molecule has 0 fully saturated rings. The Morgan fingerprint density at radius 2 is 2.18 bits per heavy atom. The Morgan fingerprint density at radius 1 is 1.41 bits per heavy atom. The molecule has 17 heavy (non-hydrogen) atoms. The monoisotopic (exact) mass is 393 g/mol. The summed E-state index contributed by atoms with van der Waals surface area (Å²) < 4.78 is 2.36. The molecule has 0 radical (unpaired) electrons. The van der Waals surface area contributed by atoms with Crippen molar-refractivity contribution in [2.45, 2.75) is 19.9 Å². The van der Waals surface area contributed by atoms with Crippen molar-refractivity contribution in [3.63, 3.8) is 0 Å². The Labute approximate surface area is 127 Å². The molecule has 0 saturated carbocycles. The summed E-state index contributed by atoms with van der Waals surface area (Å²) in [6, 6.07) is 4.66. The summed E-state index contributed by atoms with van der Waals surface area (Å²) in [7, 11) is 0. The van der Waals surface area contributed by atoms with E-state index in [0.29, 0.717) is 0 Å². The van der Waals surface area contributed by atoms with Gasteiger partial charge in [0.05, 0.1) is 13.6 Å². The van der Waals surface area contributed by atoms with Crippen molar-refractivity contribution in [1.29, 1.82) is 0 Å². The van der Waals surface area contributed by atoms with Gasteiger partial charge in [-0.3, -0.25) is 0 Å². The lowest BCUT2D eigenvalue weighted by Gasteiger charge is -2.17. The highest BCUT2D eigenvalue weighted by atomic mass is 79.9. The van der Waals surface area contributed by atoms with Gasteiger partial charge in [0, 0.05) is 10.4 Å². The Bertz CT molecular complexity index is 504. The van der Waals surface area contributed by atoms with Crippen LogP contribution in [-0.2, 0) is 0 Å². The second-order valence-electron chi connectivity index (χ2n) is 3.74. The molecule has 1 nitrogen and oxygen atoms in total. The third kappa shape index (κ3) is 3.01. The minimum atomic E-state index is 0.289. The van der Waals surface area contributed by atoms with E-state index < -0.39 is 0 Å². The topological polar surface area (TPSA) is 12.0 Å². The van der Waals surface area contributed by atoms with Crippen LogP contribution >= 0.6 is 54.5 Å². The van der Waals surface area contributed by atoms with Crippen LogP contribution in [0, 0.1) is 6.92 Å². The van der Waals surface area contributed by atoms with E-state index in [1.165, 1.54) is 19.8 Å². The number of nitrogens with one attached hydrogen (secondary N) is 1. The van der Waals surface area contributed by atoms with E-state index in [0.717, 1.165) is 10.3 Å². The van der Waals surface area contributed by atoms with Gasteiger partial charge in [-0.1, -0.05) is 6.92 Å². The molecule has 2 aromatic heterocycles. The lowest BCUT2D eigenvalue weighted by molar-refractivity contribution is 0.637. The quantitative estimate of drug-likeness (QED) is 0.737. The predicted molar refractivity (Wildman–Crippen MR) is 84.3 cm³/mol. The van der Waals surface area contributed by atoms with Crippen molar-refractivity contribution >= 4 is 54.5 Å².